The zero-order chi connectivity index (χ0) is 10.9. The lowest BCUT2D eigenvalue weighted by atomic mass is 10.2. The lowest BCUT2D eigenvalue weighted by Crippen LogP contribution is -2.25. The first kappa shape index (κ1) is 10.6. The number of benzene rings is 1. The molecule has 0 atom stereocenters. The Morgan fingerprint density at radius 1 is 1.40 bits per heavy atom. The van der Waals surface area contributed by atoms with Gasteiger partial charge in [-0.15, -0.1) is 0 Å². The molecule has 0 aliphatic carbocycles. The van der Waals surface area contributed by atoms with Crippen LogP contribution in [0.4, 0.5) is 4.39 Å². The zero-order valence-corrected chi connectivity index (χ0v) is 9.00. The number of nitrogens with zero attached hydrogens (tertiary/aromatic N) is 1. The van der Waals surface area contributed by atoms with Crippen LogP contribution in [0.15, 0.2) is 24.3 Å². The molecule has 0 unspecified atom stereocenters. The molecule has 0 bridgehead atoms. The van der Waals surface area contributed by atoms with E-state index in [1.165, 1.54) is 16.4 Å². The van der Waals surface area contributed by atoms with Crippen LogP contribution in [-0.2, 0) is 16.6 Å². The van der Waals surface area contributed by atoms with E-state index in [2.05, 4.69) is 0 Å². The maximum Gasteiger partial charge on any atom is 0.214 e. The first-order chi connectivity index (χ1) is 7.08. The second-order valence-electron chi connectivity index (χ2n) is 3.63. The Morgan fingerprint density at radius 3 is 2.80 bits per heavy atom. The van der Waals surface area contributed by atoms with Crippen LogP contribution in [0.25, 0.3) is 0 Å². The van der Waals surface area contributed by atoms with E-state index in [0.29, 0.717) is 18.5 Å². The molecule has 0 radical (unpaired) electrons. The Hall–Kier alpha value is -0.940. The van der Waals surface area contributed by atoms with Gasteiger partial charge in [-0.25, -0.2) is 12.8 Å². The lowest BCUT2D eigenvalue weighted by Gasteiger charge is -2.13. The Balaban J connectivity index is 2.16. The van der Waals surface area contributed by atoms with Gasteiger partial charge in [-0.2, -0.15) is 4.31 Å². The highest BCUT2D eigenvalue weighted by Gasteiger charge is 2.27. The molecule has 0 N–H and O–H groups in total. The minimum atomic E-state index is -3.09. The fraction of sp³-hybridized carbons (Fsp3) is 0.400. The third-order valence-corrected chi connectivity index (χ3v) is 4.35. The maximum atomic E-state index is 12.9. The van der Waals surface area contributed by atoms with Crippen LogP contribution in [0.5, 0.6) is 0 Å². The second kappa shape index (κ2) is 3.90. The molecule has 1 aliphatic heterocycles. The fourth-order valence-electron chi connectivity index (χ4n) is 1.71. The first-order valence-electron chi connectivity index (χ1n) is 4.80. The van der Waals surface area contributed by atoms with Crippen molar-refractivity contribution in [2.75, 3.05) is 12.3 Å². The summed E-state index contributed by atoms with van der Waals surface area (Å²) in [6, 6.07) is 6.04. The van der Waals surface area contributed by atoms with Crippen LogP contribution < -0.4 is 0 Å². The molecule has 0 saturated carbocycles. The number of hydrogen-bond acceptors (Lipinski definition) is 2. The molecule has 1 fully saturated rings. The summed E-state index contributed by atoms with van der Waals surface area (Å²) in [6.07, 6.45) is 0.664. The highest BCUT2D eigenvalue weighted by molar-refractivity contribution is 7.89. The van der Waals surface area contributed by atoms with E-state index in [-0.39, 0.29) is 18.1 Å². The Bertz CT molecular complexity index is 458. The average Bonchev–Trinajstić information content (AvgIpc) is 2.46. The molecule has 1 aromatic carbocycles. The smallest absolute Gasteiger partial charge is 0.212 e. The van der Waals surface area contributed by atoms with Gasteiger partial charge in [-0.1, -0.05) is 12.1 Å². The first-order valence-corrected chi connectivity index (χ1v) is 6.41. The Labute approximate surface area is 88.6 Å². The second-order valence-corrected chi connectivity index (χ2v) is 5.72. The molecule has 5 heteroatoms. The third kappa shape index (κ3) is 2.35. The maximum absolute atomic E-state index is 12.9. The number of sulfonamides is 1. The van der Waals surface area contributed by atoms with Crippen molar-refractivity contribution in [2.45, 2.75) is 13.0 Å². The van der Waals surface area contributed by atoms with Gasteiger partial charge in [0.25, 0.3) is 0 Å². The molecule has 1 aromatic rings. The van der Waals surface area contributed by atoms with Crippen LogP contribution in [0, 0.1) is 5.82 Å². The number of rotatable bonds is 2. The van der Waals surface area contributed by atoms with Crippen molar-refractivity contribution in [3.8, 4) is 0 Å². The van der Waals surface area contributed by atoms with Crippen molar-refractivity contribution in [3.63, 3.8) is 0 Å². The van der Waals surface area contributed by atoms with Gasteiger partial charge in [0.05, 0.1) is 5.75 Å². The monoisotopic (exact) mass is 229 g/mol. The van der Waals surface area contributed by atoms with Gasteiger partial charge >= 0.3 is 0 Å². The van der Waals surface area contributed by atoms with Gasteiger partial charge in [-0.3, -0.25) is 0 Å². The average molecular weight is 229 g/mol. The van der Waals surface area contributed by atoms with E-state index < -0.39 is 10.0 Å². The van der Waals surface area contributed by atoms with Crippen molar-refractivity contribution >= 4 is 10.0 Å². The SMILES string of the molecule is O=S1(=O)CCCN1Cc1cccc(F)c1. The highest BCUT2D eigenvalue weighted by Crippen LogP contribution is 2.17. The largest absolute Gasteiger partial charge is 0.214 e. The van der Waals surface area contributed by atoms with Crippen molar-refractivity contribution < 1.29 is 12.8 Å². The van der Waals surface area contributed by atoms with Crippen LogP contribution in [0.2, 0.25) is 0 Å². The minimum Gasteiger partial charge on any atom is -0.212 e. The van der Waals surface area contributed by atoms with Crippen molar-refractivity contribution in [1.29, 1.82) is 0 Å². The molecule has 0 spiro atoms. The number of hydrogen-bond donors (Lipinski definition) is 0. The topological polar surface area (TPSA) is 37.4 Å². The molecule has 15 heavy (non-hydrogen) atoms. The van der Waals surface area contributed by atoms with E-state index in [9.17, 15) is 12.8 Å². The van der Waals surface area contributed by atoms with Gasteiger partial charge in [0.15, 0.2) is 0 Å². The van der Waals surface area contributed by atoms with Gasteiger partial charge in [0.2, 0.25) is 10.0 Å². The summed E-state index contributed by atoms with van der Waals surface area (Å²) in [6.45, 7) is 0.818. The Morgan fingerprint density at radius 2 is 2.20 bits per heavy atom. The standard InChI is InChI=1S/C10H12FNO2S/c11-10-4-1-3-9(7-10)8-12-5-2-6-15(12,13)14/h1,3-4,7H,2,5-6,8H2. The summed E-state index contributed by atoms with van der Waals surface area (Å²) < 4.78 is 37.2. The Kier molecular flexibility index (Phi) is 2.75. The molecule has 1 saturated heterocycles. The van der Waals surface area contributed by atoms with Crippen LogP contribution in [-0.4, -0.2) is 25.0 Å². The summed E-state index contributed by atoms with van der Waals surface area (Å²) >= 11 is 0. The molecular weight excluding hydrogens is 217 g/mol. The van der Waals surface area contributed by atoms with E-state index in [1.54, 1.807) is 12.1 Å². The van der Waals surface area contributed by atoms with E-state index >= 15 is 0 Å². The third-order valence-electron chi connectivity index (χ3n) is 2.45. The normalized spacial score (nSPS) is 20.6. The van der Waals surface area contributed by atoms with Crippen LogP contribution in [0.1, 0.15) is 12.0 Å². The van der Waals surface area contributed by atoms with Gasteiger partial charge in [0.1, 0.15) is 5.82 Å². The molecule has 1 heterocycles. The molecule has 82 valence electrons. The molecule has 3 nitrogen and oxygen atoms in total. The van der Waals surface area contributed by atoms with E-state index in [4.69, 9.17) is 0 Å². The van der Waals surface area contributed by atoms with Gasteiger partial charge in [0, 0.05) is 13.1 Å². The summed E-state index contributed by atoms with van der Waals surface area (Å²) in [7, 11) is -3.09. The zero-order valence-electron chi connectivity index (χ0n) is 8.19. The quantitative estimate of drug-likeness (QED) is 0.768. The van der Waals surface area contributed by atoms with Crippen LogP contribution in [0.3, 0.4) is 0 Å². The predicted molar refractivity (Wildman–Crippen MR) is 55.2 cm³/mol. The van der Waals surface area contributed by atoms with Crippen molar-refractivity contribution in [2.24, 2.45) is 0 Å². The molecule has 2 rings (SSSR count). The van der Waals surface area contributed by atoms with Gasteiger partial charge in [-0.05, 0) is 24.1 Å². The van der Waals surface area contributed by atoms with Crippen molar-refractivity contribution in [3.05, 3.63) is 35.6 Å². The van der Waals surface area contributed by atoms with Crippen molar-refractivity contribution in [1.82, 2.24) is 4.31 Å². The molecule has 0 aromatic heterocycles. The fourth-order valence-corrected chi connectivity index (χ4v) is 3.21. The summed E-state index contributed by atoms with van der Waals surface area (Å²) in [5, 5.41) is 0. The predicted octanol–water partition coefficient (Wildman–Crippen LogP) is 1.36. The summed E-state index contributed by atoms with van der Waals surface area (Å²) in [5.41, 5.74) is 0.695. The molecular formula is C10H12FNO2S. The minimum absolute atomic E-state index is 0.211. The molecule has 1 aliphatic rings. The highest BCUT2D eigenvalue weighted by atomic mass is 32.2. The number of halogens is 1. The van der Waals surface area contributed by atoms with Crippen LogP contribution >= 0.6 is 0 Å². The molecule has 0 amide bonds. The van der Waals surface area contributed by atoms with E-state index in [1.807, 2.05) is 0 Å². The summed E-state index contributed by atoms with van der Waals surface area (Å²) in [5.74, 6) is -0.119. The van der Waals surface area contributed by atoms with Gasteiger partial charge < -0.3 is 0 Å². The lowest BCUT2D eigenvalue weighted by molar-refractivity contribution is 0.438. The summed E-state index contributed by atoms with van der Waals surface area (Å²) in [4.78, 5) is 0. The van der Waals surface area contributed by atoms with E-state index in [0.717, 1.165) is 0 Å².